The van der Waals surface area contributed by atoms with Crippen LogP contribution >= 0.6 is 0 Å². The maximum Gasteiger partial charge on any atom is 0.0887 e. The third-order valence-corrected chi connectivity index (χ3v) is 4.54. The standard InChI is InChI=1S/C11H19NSi/c1-7-8(2)10(4)12-11(9(7)3)13(5)6/h13H,1-6H3. The largest absolute Gasteiger partial charge is 0.263 e. The SMILES string of the molecule is Cc1nc([SiH](C)C)c(C)c(C)c1C. The van der Waals surface area contributed by atoms with Crippen LogP contribution in [0, 0.1) is 27.7 Å². The number of pyridine rings is 1. The number of nitrogens with zero attached hydrogens (tertiary/aromatic N) is 1. The Hall–Kier alpha value is -0.633. The average Bonchev–Trinajstić information content (AvgIpc) is 2.07. The molecule has 0 spiro atoms. The first-order chi connectivity index (χ1) is 5.95. The van der Waals surface area contributed by atoms with Gasteiger partial charge in [0.25, 0.3) is 0 Å². The molecule has 0 aromatic carbocycles. The van der Waals surface area contributed by atoms with Gasteiger partial charge < -0.3 is 0 Å². The van der Waals surface area contributed by atoms with Crippen LogP contribution in [0.4, 0.5) is 0 Å². The summed E-state index contributed by atoms with van der Waals surface area (Å²) in [6.45, 7) is 13.4. The van der Waals surface area contributed by atoms with Crippen molar-refractivity contribution in [2.24, 2.45) is 0 Å². The van der Waals surface area contributed by atoms with E-state index in [0.717, 1.165) is 0 Å². The molecule has 1 rings (SSSR count). The fourth-order valence-corrected chi connectivity index (χ4v) is 3.19. The van der Waals surface area contributed by atoms with E-state index in [9.17, 15) is 0 Å². The second-order valence-electron chi connectivity index (χ2n) is 4.11. The summed E-state index contributed by atoms with van der Waals surface area (Å²) < 4.78 is 0. The van der Waals surface area contributed by atoms with Crippen LogP contribution in [0.2, 0.25) is 13.1 Å². The third-order valence-electron chi connectivity index (χ3n) is 2.89. The molecule has 0 fully saturated rings. The van der Waals surface area contributed by atoms with E-state index in [-0.39, 0.29) is 0 Å². The second-order valence-corrected chi connectivity index (χ2v) is 6.97. The molecular formula is C11H19NSi. The Morgan fingerprint density at radius 3 is 1.85 bits per heavy atom. The molecule has 1 nitrogen and oxygen atoms in total. The Bertz CT molecular complexity index is 329. The fourth-order valence-electron chi connectivity index (χ4n) is 1.66. The normalized spacial score (nSPS) is 11.0. The summed E-state index contributed by atoms with van der Waals surface area (Å²) in [5, 5.41) is 1.39. The molecule has 0 N–H and O–H groups in total. The first-order valence-electron chi connectivity index (χ1n) is 4.89. The molecule has 0 amide bonds. The number of aromatic nitrogens is 1. The van der Waals surface area contributed by atoms with Crippen molar-refractivity contribution >= 4 is 14.1 Å². The van der Waals surface area contributed by atoms with Crippen LogP contribution in [-0.2, 0) is 0 Å². The van der Waals surface area contributed by atoms with Crippen molar-refractivity contribution in [2.45, 2.75) is 40.8 Å². The van der Waals surface area contributed by atoms with Crippen molar-refractivity contribution in [1.82, 2.24) is 4.98 Å². The predicted molar refractivity (Wildman–Crippen MR) is 61.7 cm³/mol. The van der Waals surface area contributed by atoms with Crippen LogP contribution in [0.1, 0.15) is 22.4 Å². The highest BCUT2D eigenvalue weighted by molar-refractivity contribution is 6.70. The lowest BCUT2D eigenvalue weighted by Crippen LogP contribution is -2.31. The first kappa shape index (κ1) is 10.4. The number of hydrogen-bond donors (Lipinski definition) is 0. The van der Waals surface area contributed by atoms with Gasteiger partial charge in [0.15, 0.2) is 0 Å². The number of aryl methyl sites for hydroxylation is 1. The van der Waals surface area contributed by atoms with E-state index in [2.05, 4.69) is 40.8 Å². The van der Waals surface area contributed by atoms with E-state index in [1.165, 1.54) is 27.7 Å². The number of rotatable bonds is 1. The van der Waals surface area contributed by atoms with Crippen molar-refractivity contribution < 1.29 is 0 Å². The van der Waals surface area contributed by atoms with E-state index in [0.29, 0.717) is 0 Å². The first-order valence-corrected chi connectivity index (χ1v) is 7.78. The second kappa shape index (κ2) is 3.62. The zero-order chi connectivity index (χ0) is 10.2. The lowest BCUT2D eigenvalue weighted by Gasteiger charge is -2.14. The maximum absolute atomic E-state index is 4.69. The highest BCUT2D eigenvalue weighted by Gasteiger charge is 2.11. The molecule has 1 heterocycles. The van der Waals surface area contributed by atoms with Crippen molar-refractivity contribution in [2.75, 3.05) is 0 Å². The van der Waals surface area contributed by atoms with Gasteiger partial charge in [-0.1, -0.05) is 13.1 Å². The van der Waals surface area contributed by atoms with Crippen LogP contribution < -0.4 is 5.32 Å². The quantitative estimate of drug-likeness (QED) is 0.622. The van der Waals surface area contributed by atoms with Crippen LogP contribution in [0.3, 0.4) is 0 Å². The molecule has 0 bridgehead atoms. The van der Waals surface area contributed by atoms with Crippen molar-refractivity contribution in [1.29, 1.82) is 0 Å². The minimum Gasteiger partial charge on any atom is -0.263 e. The topological polar surface area (TPSA) is 12.9 Å². The zero-order valence-corrected chi connectivity index (χ0v) is 10.7. The predicted octanol–water partition coefficient (Wildman–Crippen LogP) is 2.01. The summed E-state index contributed by atoms with van der Waals surface area (Å²) >= 11 is 0. The Balaban J connectivity index is 3.41. The van der Waals surface area contributed by atoms with Gasteiger partial charge in [-0.2, -0.15) is 0 Å². The van der Waals surface area contributed by atoms with Crippen LogP contribution in [0.25, 0.3) is 0 Å². The molecule has 0 saturated heterocycles. The fraction of sp³-hybridized carbons (Fsp3) is 0.545. The molecule has 0 radical (unpaired) electrons. The lowest BCUT2D eigenvalue weighted by molar-refractivity contribution is 1.11. The van der Waals surface area contributed by atoms with Crippen molar-refractivity contribution in [3.8, 4) is 0 Å². The maximum atomic E-state index is 4.69. The van der Waals surface area contributed by atoms with Crippen LogP contribution in [-0.4, -0.2) is 13.8 Å². The van der Waals surface area contributed by atoms with Crippen LogP contribution in [0.5, 0.6) is 0 Å². The van der Waals surface area contributed by atoms with Crippen LogP contribution in [0.15, 0.2) is 0 Å². The molecule has 0 atom stereocenters. The summed E-state index contributed by atoms with van der Waals surface area (Å²) in [6, 6.07) is 0. The molecule has 0 aliphatic heterocycles. The Labute approximate surface area is 82.8 Å². The highest BCUT2D eigenvalue weighted by Crippen LogP contribution is 2.12. The average molecular weight is 193 g/mol. The summed E-state index contributed by atoms with van der Waals surface area (Å²) in [5.74, 6) is 0. The van der Waals surface area contributed by atoms with Gasteiger partial charge in [0, 0.05) is 11.0 Å². The van der Waals surface area contributed by atoms with Gasteiger partial charge in [-0.15, -0.1) is 0 Å². The highest BCUT2D eigenvalue weighted by atomic mass is 28.3. The van der Waals surface area contributed by atoms with Gasteiger partial charge in [-0.05, 0) is 44.4 Å². The van der Waals surface area contributed by atoms with Gasteiger partial charge in [0.05, 0.1) is 8.80 Å². The smallest absolute Gasteiger partial charge is 0.0887 e. The Kier molecular flexibility index (Phi) is 2.91. The molecule has 0 unspecified atom stereocenters. The van der Waals surface area contributed by atoms with Gasteiger partial charge >= 0.3 is 0 Å². The molecule has 2 heteroatoms. The molecule has 13 heavy (non-hydrogen) atoms. The molecule has 1 aromatic heterocycles. The van der Waals surface area contributed by atoms with E-state index in [1.807, 2.05) is 0 Å². The molecule has 0 saturated carbocycles. The molecule has 0 aliphatic rings. The summed E-state index contributed by atoms with van der Waals surface area (Å²) in [4.78, 5) is 4.69. The van der Waals surface area contributed by atoms with Gasteiger partial charge in [-0.25, -0.2) is 0 Å². The van der Waals surface area contributed by atoms with E-state index in [4.69, 9.17) is 4.98 Å². The Morgan fingerprint density at radius 2 is 1.38 bits per heavy atom. The molecular weight excluding hydrogens is 174 g/mol. The van der Waals surface area contributed by atoms with Gasteiger partial charge in [0.1, 0.15) is 0 Å². The molecule has 0 aliphatic carbocycles. The molecule has 1 aromatic rings. The minimum absolute atomic E-state index is 0.756. The lowest BCUT2D eigenvalue weighted by atomic mass is 10.1. The summed E-state index contributed by atoms with van der Waals surface area (Å²) in [7, 11) is -0.756. The summed E-state index contributed by atoms with van der Waals surface area (Å²) in [6.07, 6.45) is 0. The van der Waals surface area contributed by atoms with Crippen molar-refractivity contribution in [3.05, 3.63) is 22.4 Å². The van der Waals surface area contributed by atoms with Gasteiger partial charge in [0.2, 0.25) is 0 Å². The van der Waals surface area contributed by atoms with Crippen molar-refractivity contribution in [3.63, 3.8) is 0 Å². The zero-order valence-electron chi connectivity index (χ0n) is 9.52. The van der Waals surface area contributed by atoms with E-state index in [1.54, 1.807) is 0 Å². The minimum atomic E-state index is -0.756. The Morgan fingerprint density at radius 1 is 0.846 bits per heavy atom. The summed E-state index contributed by atoms with van der Waals surface area (Å²) in [5.41, 5.74) is 5.42. The van der Waals surface area contributed by atoms with E-state index >= 15 is 0 Å². The van der Waals surface area contributed by atoms with Gasteiger partial charge in [-0.3, -0.25) is 4.98 Å². The molecule has 72 valence electrons. The monoisotopic (exact) mass is 193 g/mol. The number of hydrogen-bond acceptors (Lipinski definition) is 1. The van der Waals surface area contributed by atoms with E-state index < -0.39 is 8.80 Å². The third kappa shape index (κ3) is 1.83.